The van der Waals surface area contributed by atoms with Gasteiger partial charge in [0.1, 0.15) is 0 Å². The lowest BCUT2D eigenvalue weighted by Crippen LogP contribution is -2.53. The molecule has 15 heavy (non-hydrogen) atoms. The van der Waals surface area contributed by atoms with Crippen LogP contribution >= 0.6 is 0 Å². The third-order valence-electron chi connectivity index (χ3n) is 3.62. The maximum Gasteiger partial charge on any atom is 0.234 e. The molecule has 0 radical (unpaired) electrons. The highest BCUT2D eigenvalue weighted by atomic mass is 16.2. The van der Waals surface area contributed by atoms with E-state index >= 15 is 0 Å². The second-order valence-corrected chi connectivity index (χ2v) is 4.64. The molecule has 4 nitrogen and oxygen atoms in total. The monoisotopic (exact) mass is 211 g/mol. The van der Waals surface area contributed by atoms with Gasteiger partial charge >= 0.3 is 0 Å². The molecule has 2 fully saturated rings. The van der Waals surface area contributed by atoms with E-state index in [1.165, 1.54) is 19.3 Å². The summed E-state index contributed by atoms with van der Waals surface area (Å²) in [6, 6.07) is 0.628. The molecular weight excluding hydrogens is 190 g/mol. The van der Waals surface area contributed by atoms with Crippen LogP contribution in [0.2, 0.25) is 0 Å². The molecule has 1 saturated carbocycles. The largest absolute Gasteiger partial charge is 0.354 e. The van der Waals surface area contributed by atoms with Gasteiger partial charge in [-0.3, -0.25) is 9.69 Å². The van der Waals surface area contributed by atoms with Crippen LogP contribution in [0, 0.1) is 5.92 Å². The van der Waals surface area contributed by atoms with E-state index in [1.54, 1.807) is 0 Å². The highest BCUT2D eigenvalue weighted by molar-refractivity contribution is 5.78. The Hall–Kier alpha value is -0.610. The van der Waals surface area contributed by atoms with Crippen LogP contribution in [0.15, 0.2) is 0 Å². The average molecular weight is 211 g/mol. The summed E-state index contributed by atoms with van der Waals surface area (Å²) in [5.74, 6) is 0.928. The SMILES string of the molecule is CNCC1CCCC1N1CCNC(=O)C1. The highest BCUT2D eigenvalue weighted by Crippen LogP contribution is 2.29. The molecule has 0 aromatic heterocycles. The van der Waals surface area contributed by atoms with Crippen molar-refractivity contribution in [3.8, 4) is 0 Å². The van der Waals surface area contributed by atoms with Gasteiger partial charge in [0.15, 0.2) is 0 Å². The summed E-state index contributed by atoms with van der Waals surface area (Å²) in [7, 11) is 2.01. The maximum absolute atomic E-state index is 11.3. The first-order valence-corrected chi connectivity index (χ1v) is 5.96. The zero-order valence-electron chi connectivity index (χ0n) is 9.46. The van der Waals surface area contributed by atoms with Gasteiger partial charge in [-0.15, -0.1) is 0 Å². The summed E-state index contributed by atoms with van der Waals surface area (Å²) in [5, 5.41) is 6.15. The molecule has 0 aromatic carbocycles. The fraction of sp³-hybridized carbons (Fsp3) is 0.909. The Morgan fingerprint density at radius 3 is 3.13 bits per heavy atom. The first-order valence-electron chi connectivity index (χ1n) is 5.96. The van der Waals surface area contributed by atoms with Crippen LogP contribution in [-0.4, -0.2) is 50.1 Å². The number of hydrogen-bond donors (Lipinski definition) is 2. The number of nitrogens with one attached hydrogen (secondary N) is 2. The van der Waals surface area contributed by atoms with Crippen LogP contribution in [0.3, 0.4) is 0 Å². The second kappa shape index (κ2) is 4.94. The van der Waals surface area contributed by atoms with Crippen LogP contribution in [0.1, 0.15) is 19.3 Å². The van der Waals surface area contributed by atoms with Crippen LogP contribution < -0.4 is 10.6 Å². The van der Waals surface area contributed by atoms with E-state index in [-0.39, 0.29) is 5.91 Å². The number of piperazine rings is 1. The van der Waals surface area contributed by atoms with E-state index < -0.39 is 0 Å². The Labute approximate surface area is 91.4 Å². The van der Waals surface area contributed by atoms with Gasteiger partial charge in [-0.2, -0.15) is 0 Å². The zero-order chi connectivity index (χ0) is 10.7. The molecule has 1 saturated heterocycles. The van der Waals surface area contributed by atoms with Crippen molar-refractivity contribution in [1.29, 1.82) is 0 Å². The summed E-state index contributed by atoms with van der Waals surface area (Å²) in [4.78, 5) is 13.7. The van der Waals surface area contributed by atoms with Crippen molar-refractivity contribution >= 4 is 5.91 Å². The van der Waals surface area contributed by atoms with Crippen molar-refractivity contribution in [2.45, 2.75) is 25.3 Å². The van der Waals surface area contributed by atoms with Crippen molar-refractivity contribution in [1.82, 2.24) is 15.5 Å². The van der Waals surface area contributed by atoms with Crippen molar-refractivity contribution in [3.63, 3.8) is 0 Å². The first kappa shape index (κ1) is 10.9. The minimum absolute atomic E-state index is 0.191. The lowest BCUT2D eigenvalue weighted by atomic mass is 10.0. The van der Waals surface area contributed by atoms with Crippen molar-refractivity contribution in [2.24, 2.45) is 5.92 Å². The van der Waals surface area contributed by atoms with Crippen LogP contribution in [0.5, 0.6) is 0 Å². The third-order valence-corrected chi connectivity index (χ3v) is 3.62. The molecule has 4 heteroatoms. The molecule has 2 N–H and O–H groups in total. The molecule has 86 valence electrons. The van der Waals surface area contributed by atoms with Crippen molar-refractivity contribution < 1.29 is 4.79 Å². The zero-order valence-corrected chi connectivity index (χ0v) is 9.46. The lowest BCUT2D eigenvalue weighted by molar-refractivity contribution is -0.125. The molecule has 2 aliphatic rings. The topological polar surface area (TPSA) is 44.4 Å². The quantitative estimate of drug-likeness (QED) is 0.680. The molecule has 2 unspecified atom stereocenters. The summed E-state index contributed by atoms with van der Waals surface area (Å²) in [5.41, 5.74) is 0. The number of amides is 1. The lowest BCUT2D eigenvalue weighted by Gasteiger charge is -2.35. The first-order chi connectivity index (χ1) is 7.31. The van der Waals surface area contributed by atoms with Gasteiger partial charge in [-0.25, -0.2) is 0 Å². The van der Waals surface area contributed by atoms with E-state index in [4.69, 9.17) is 0 Å². The predicted octanol–water partition coefficient (Wildman–Crippen LogP) is -0.194. The fourth-order valence-corrected chi connectivity index (χ4v) is 2.94. The Kier molecular flexibility index (Phi) is 3.59. The standard InChI is InChI=1S/C11H21N3O/c1-12-7-9-3-2-4-10(9)14-6-5-13-11(15)8-14/h9-10,12H,2-8H2,1H3,(H,13,15). The van der Waals surface area contributed by atoms with E-state index in [1.807, 2.05) is 7.05 Å². The van der Waals surface area contributed by atoms with E-state index in [0.717, 1.165) is 25.6 Å². The van der Waals surface area contributed by atoms with E-state index in [9.17, 15) is 4.79 Å². The third kappa shape index (κ3) is 2.49. The second-order valence-electron chi connectivity index (χ2n) is 4.64. The van der Waals surface area contributed by atoms with Gasteiger partial charge < -0.3 is 10.6 Å². The Balaban J connectivity index is 1.93. The maximum atomic E-state index is 11.3. The number of hydrogen-bond acceptors (Lipinski definition) is 3. The van der Waals surface area contributed by atoms with Gasteiger partial charge in [-0.05, 0) is 32.4 Å². The van der Waals surface area contributed by atoms with Gasteiger partial charge in [0.05, 0.1) is 6.54 Å². The van der Waals surface area contributed by atoms with E-state index in [2.05, 4.69) is 15.5 Å². The summed E-state index contributed by atoms with van der Waals surface area (Å²) in [6.45, 7) is 3.53. The molecule has 1 aliphatic heterocycles. The summed E-state index contributed by atoms with van der Waals surface area (Å²) in [6.07, 6.45) is 3.89. The van der Waals surface area contributed by atoms with Gasteiger partial charge in [0, 0.05) is 19.1 Å². The minimum atomic E-state index is 0.191. The highest BCUT2D eigenvalue weighted by Gasteiger charge is 2.33. The van der Waals surface area contributed by atoms with Crippen LogP contribution in [0.4, 0.5) is 0 Å². The molecule has 2 atom stereocenters. The molecule has 0 aromatic rings. The minimum Gasteiger partial charge on any atom is -0.354 e. The van der Waals surface area contributed by atoms with Crippen molar-refractivity contribution in [2.75, 3.05) is 33.2 Å². The molecule has 1 amide bonds. The number of rotatable bonds is 3. The van der Waals surface area contributed by atoms with E-state index in [0.29, 0.717) is 12.6 Å². The Morgan fingerprint density at radius 1 is 1.53 bits per heavy atom. The van der Waals surface area contributed by atoms with Crippen LogP contribution in [0.25, 0.3) is 0 Å². The van der Waals surface area contributed by atoms with Gasteiger partial charge in [-0.1, -0.05) is 6.42 Å². The molecule has 1 heterocycles. The molecular formula is C11H21N3O. The van der Waals surface area contributed by atoms with Gasteiger partial charge in [0.2, 0.25) is 5.91 Å². The average Bonchev–Trinajstić information content (AvgIpc) is 2.66. The molecule has 0 bridgehead atoms. The molecule has 2 rings (SSSR count). The normalized spacial score (nSPS) is 33.0. The molecule has 0 spiro atoms. The summed E-state index contributed by atoms with van der Waals surface area (Å²) < 4.78 is 0. The summed E-state index contributed by atoms with van der Waals surface area (Å²) >= 11 is 0. The van der Waals surface area contributed by atoms with Crippen molar-refractivity contribution in [3.05, 3.63) is 0 Å². The number of carbonyl (C=O) groups is 1. The molecule has 1 aliphatic carbocycles. The fourth-order valence-electron chi connectivity index (χ4n) is 2.94. The number of nitrogens with zero attached hydrogens (tertiary/aromatic N) is 1. The smallest absolute Gasteiger partial charge is 0.234 e. The Bertz CT molecular complexity index is 232. The predicted molar refractivity (Wildman–Crippen MR) is 59.6 cm³/mol. The van der Waals surface area contributed by atoms with Gasteiger partial charge in [0.25, 0.3) is 0 Å². The Morgan fingerprint density at radius 2 is 2.40 bits per heavy atom. The van der Waals surface area contributed by atoms with Crippen LogP contribution in [-0.2, 0) is 4.79 Å². The number of carbonyl (C=O) groups excluding carboxylic acids is 1.